The summed E-state index contributed by atoms with van der Waals surface area (Å²) in [5.41, 5.74) is 1.30. The van der Waals surface area contributed by atoms with Crippen LogP contribution in [0.1, 0.15) is 45.0 Å². The molecule has 1 heterocycles. The van der Waals surface area contributed by atoms with Crippen LogP contribution in [0.4, 0.5) is 0 Å². The minimum absolute atomic E-state index is 0.0931. The van der Waals surface area contributed by atoms with Crippen molar-refractivity contribution in [3.8, 4) is 0 Å². The van der Waals surface area contributed by atoms with Gasteiger partial charge in [-0.1, -0.05) is 39.3 Å². The third-order valence-corrected chi connectivity index (χ3v) is 2.40. The van der Waals surface area contributed by atoms with Gasteiger partial charge >= 0.3 is 0 Å². The summed E-state index contributed by atoms with van der Waals surface area (Å²) < 4.78 is 0.845. The van der Waals surface area contributed by atoms with Gasteiger partial charge in [-0.15, -0.1) is 0 Å². The minimum Gasteiger partial charge on any atom is -0.618 e. The Balaban J connectivity index is 3.08. The Morgan fingerprint density at radius 2 is 2.00 bits per heavy atom. The van der Waals surface area contributed by atoms with Gasteiger partial charge in [-0.3, -0.25) is 0 Å². The smallest absolute Gasteiger partial charge is 0.232 e. The van der Waals surface area contributed by atoms with Crippen LogP contribution in [0.3, 0.4) is 0 Å². The topological polar surface area (TPSA) is 39.8 Å². The van der Waals surface area contributed by atoms with Gasteiger partial charge in [0.1, 0.15) is 5.69 Å². The Morgan fingerprint density at radius 1 is 1.40 bits per heavy atom. The van der Waals surface area contributed by atoms with Gasteiger partial charge in [-0.25, -0.2) is 4.98 Å². The number of halogens is 1. The van der Waals surface area contributed by atoms with E-state index < -0.39 is 0 Å². The molecule has 15 heavy (non-hydrogen) atoms. The molecule has 0 atom stereocenters. The molecule has 4 heteroatoms. The number of hydrogen-bond acceptors (Lipinski definition) is 2. The van der Waals surface area contributed by atoms with E-state index >= 15 is 0 Å². The third kappa shape index (κ3) is 3.06. The second-order valence-corrected chi connectivity index (χ2v) is 4.84. The van der Waals surface area contributed by atoms with Crippen LogP contribution in [0.25, 0.3) is 0 Å². The summed E-state index contributed by atoms with van der Waals surface area (Å²) in [5.74, 6) is 0.564. The van der Waals surface area contributed by atoms with Crippen molar-refractivity contribution < 1.29 is 4.73 Å². The summed E-state index contributed by atoms with van der Waals surface area (Å²) in [6.45, 7) is 8.03. The molecule has 0 aliphatic heterocycles. The molecule has 1 aromatic heterocycles. The molecule has 1 aromatic rings. The SMILES string of the molecule is CC(C)Cc1c[n+]([O-])c(C(C)C)c(Cl)n1. The van der Waals surface area contributed by atoms with Crippen LogP contribution >= 0.6 is 11.6 Å². The van der Waals surface area contributed by atoms with E-state index in [1.807, 2.05) is 13.8 Å². The largest absolute Gasteiger partial charge is 0.618 e. The molecule has 0 saturated heterocycles. The van der Waals surface area contributed by atoms with Gasteiger partial charge in [0.15, 0.2) is 5.15 Å². The lowest BCUT2D eigenvalue weighted by atomic mass is 10.1. The lowest BCUT2D eigenvalue weighted by Gasteiger charge is -2.11. The van der Waals surface area contributed by atoms with Gasteiger partial charge in [0, 0.05) is 5.92 Å². The number of aromatic nitrogens is 2. The Kier molecular flexibility index (Phi) is 3.91. The zero-order valence-electron chi connectivity index (χ0n) is 9.62. The summed E-state index contributed by atoms with van der Waals surface area (Å²) in [6, 6.07) is 0. The summed E-state index contributed by atoms with van der Waals surface area (Å²) >= 11 is 5.98. The van der Waals surface area contributed by atoms with Crippen molar-refractivity contribution in [1.82, 2.24) is 4.98 Å². The van der Waals surface area contributed by atoms with Gasteiger partial charge in [0.25, 0.3) is 0 Å². The highest BCUT2D eigenvalue weighted by Crippen LogP contribution is 2.19. The molecule has 0 unspecified atom stereocenters. The molecule has 0 N–H and O–H groups in total. The fraction of sp³-hybridized carbons (Fsp3) is 0.636. The summed E-state index contributed by atoms with van der Waals surface area (Å²) in [6.07, 6.45) is 2.31. The second kappa shape index (κ2) is 4.79. The molecule has 0 aliphatic rings. The lowest BCUT2D eigenvalue weighted by Crippen LogP contribution is -2.34. The summed E-state index contributed by atoms with van der Waals surface area (Å²) in [5, 5.41) is 12.0. The maximum absolute atomic E-state index is 11.7. The van der Waals surface area contributed by atoms with Crippen molar-refractivity contribution in [3.05, 3.63) is 27.9 Å². The first-order valence-corrected chi connectivity index (χ1v) is 5.58. The summed E-state index contributed by atoms with van der Waals surface area (Å²) in [7, 11) is 0. The maximum atomic E-state index is 11.7. The number of hydrogen-bond donors (Lipinski definition) is 0. The predicted molar refractivity (Wildman–Crippen MR) is 60.8 cm³/mol. The van der Waals surface area contributed by atoms with E-state index in [-0.39, 0.29) is 5.92 Å². The Labute approximate surface area is 95.7 Å². The van der Waals surface area contributed by atoms with Gasteiger partial charge in [-0.05, 0) is 12.3 Å². The van der Waals surface area contributed by atoms with Crippen LogP contribution in [0, 0.1) is 11.1 Å². The van der Waals surface area contributed by atoms with E-state index in [9.17, 15) is 5.21 Å². The summed E-state index contributed by atoms with van der Waals surface area (Å²) in [4.78, 5) is 4.24. The molecule has 0 bridgehead atoms. The van der Waals surface area contributed by atoms with Crippen LogP contribution in [-0.2, 0) is 6.42 Å². The molecule has 0 aliphatic carbocycles. The quantitative estimate of drug-likeness (QED) is 0.590. The molecule has 1 rings (SSSR count). The molecule has 84 valence electrons. The maximum Gasteiger partial charge on any atom is 0.232 e. The van der Waals surface area contributed by atoms with Crippen molar-refractivity contribution >= 4 is 11.6 Å². The number of nitrogens with zero attached hydrogens (tertiary/aromatic N) is 2. The molecule has 0 saturated carbocycles. The van der Waals surface area contributed by atoms with Crippen molar-refractivity contribution in [1.29, 1.82) is 0 Å². The molecular formula is C11H17ClN2O. The van der Waals surface area contributed by atoms with E-state index in [0.29, 0.717) is 16.8 Å². The highest BCUT2D eigenvalue weighted by molar-refractivity contribution is 6.29. The molecular weight excluding hydrogens is 212 g/mol. The van der Waals surface area contributed by atoms with Crippen LogP contribution in [-0.4, -0.2) is 4.98 Å². The molecule has 0 aromatic carbocycles. The zero-order chi connectivity index (χ0) is 11.6. The molecule has 0 spiro atoms. The third-order valence-electron chi connectivity index (χ3n) is 2.12. The van der Waals surface area contributed by atoms with E-state index in [2.05, 4.69) is 18.8 Å². The first kappa shape index (κ1) is 12.2. The fourth-order valence-electron chi connectivity index (χ4n) is 1.52. The lowest BCUT2D eigenvalue weighted by molar-refractivity contribution is -0.616. The zero-order valence-corrected chi connectivity index (χ0v) is 10.4. The van der Waals surface area contributed by atoms with Crippen molar-refractivity contribution in [2.45, 2.75) is 40.0 Å². The molecule has 0 radical (unpaired) electrons. The highest BCUT2D eigenvalue weighted by Gasteiger charge is 2.18. The van der Waals surface area contributed by atoms with E-state index in [0.717, 1.165) is 16.8 Å². The van der Waals surface area contributed by atoms with Crippen LogP contribution in [0.2, 0.25) is 5.15 Å². The van der Waals surface area contributed by atoms with Crippen LogP contribution < -0.4 is 4.73 Å². The van der Waals surface area contributed by atoms with Crippen molar-refractivity contribution in [2.24, 2.45) is 5.92 Å². The first-order chi connectivity index (χ1) is 6.91. The Hall–Kier alpha value is -0.830. The van der Waals surface area contributed by atoms with E-state index in [4.69, 9.17) is 11.6 Å². The molecule has 3 nitrogen and oxygen atoms in total. The Morgan fingerprint density at radius 3 is 2.40 bits per heavy atom. The van der Waals surface area contributed by atoms with E-state index in [1.54, 1.807) is 0 Å². The van der Waals surface area contributed by atoms with Gasteiger partial charge < -0.3 is 5.21 Å². The van der Waals surface area contributed by atoms with Gasteiger partial charge in [0.05, 0.1) is 0 Å². The monoisotopic (exact) mass is 228 g/mol. The normalized spacial score (nSPS) is 11.4. The number of rotatable bonds is 3. The molecule has 0 amide bonds. The standard InChI is InChI=1S/C11H17ClN2O/c1-7(2)5-9-6-14(15)10(8(3)4)11(12)13-9/h6-8H,5H2,1-4H3. The first-order valence-electron chi connectivity index (χ1n) is 5.20. The van der Waals surface area contributed by atoms with Crippen LogP contribution in [0.5, 0.6) is 0 Å². The second-order valence-electron chi connectivity index (χ2n) is 4.49. The van der Waals surface area contributed by atoms with Crippen LogP contribution in [0.15, 0.2) is 6.20 Å². The van der Waals surface area contributed by atoms with Gasteiger partial charge in [-0.2, -0.15) is 4.73 Å². The molecule has 0 fully saturated rings. The minimum atomic E-state index is 0.0931. The van der Waals surface area contributed by atoms with Crippen molar-refractivity contribution in [2.75, 3.05) is 0 Å². The fourth-order valence-corrected chi connectivity index (χ4v) is 1.93. The average Bonchev–Trinajstić information content (AvgIpc) is 1.99. The van der Waals surface area contributed by atoms with E-state index in [1.165, 1.54) is 6.20 Å². The Bertz CT molecular complexity index is 327. The van der Waals surface area contributed by atoms with Gasteiger partial charge in [0.2, 0.25) is 11.9 Å². The average molecular weight is 229 g/mol. The highest BCUT2D eigenvalue weighted by atomic mass is 35.5. The predicted octanol–water partition coefficient (Wildman–Crippen LogP) is 2.69. The van der Waals surface area contributed by atoms with Crippen molar-refractivity contribution in [3.63, 3.8) is 0 Å².